The van der Waals surface area contributed by atoms with E-state index in [9.17, 15) is 0 Å². The summed E-state index contributed by atoms with van der Waals surface area (Å²) in [5.74, 6) is 1.10. The number of fused-ring (bicyclic) bond motifs is 1. The van der Waals surface area contributed by atoms with E-state index in [1.54, 1.807) is 0 Å². The Kier molecular flexibility index (Phi) is 2.84. The Labute approximate surface area is 111 Å². The smallest absolute Gasteiger partial charge is 0.110 e. The third-order valence-electron chi connectivity index (χ3n) is 3.23. The average molecular weight is 260 g/mol. The van der Waals surface area contributed by atoms with Crippen LogP contribution in [0.25, 0.3) is 10.9 Å². The van der Waals surface area contributed by atoms with Crippen molar-refractivity contribution in [3.05, 3.63) is 53.7 Å². The van der Waals surface area contributed by atoms with Crippen molar-refractivity contribution in [3.8, 4) is 0 Å². The highest BCUT2D eigenvalue weighted by atomic mass is 35.5. The third-order valence-corrected chi connectivity index (χ3v) is 3.47. The van der Waals surface area contributed by atoms with E-state index in [-0.39, 0.29) is 0 Å². The Morgan fingerprint density at radius 2 is 2.11 bits per heavy atom. The lowest BCUT2D eigenvalue weighted by atomic mass is 10.2. The van der Waals surface area contributed by atoms with Gasteiger partial charge >= 0.3 is 0 Å². The summed E-state index contributed by atoms with van der Waals surface area (Å²) in [6, 6.07) is 8.10. The number of rotatable bonds is 3. The Balaban J connectivity index is 1.87. The van der Waals surface area contributed by atoms with E-state index in [1.165, 1.54) is 10.9 Å². The van der Waals surface area contributed by atoms with Crippen molar-refractivity contribution < 1.29 is 0 Å². The number of hydrogen-bond acceptors (Lipinski definition) is 1. The minimum atomic E-state index is 0.777. The van der Waals surface area contributed by atoms with E-state index >= 15 is 0 Å². The maximum atomic E-state index is 6.04. The SMILES string of the molecule is Cn1ccnc1CCn1ccc2ccc(Cl)cc21. The summed E-state index contributed by atoms with van der Waals surface area (Å²) in [6.45, 7) is 0.911. The number of nitrogens with zero attached hydrogens (tertiary/aromatic N) is 3. The van der Waals surface area contributed by atoms with Crippen molar-refractivity contribution in [2.24, 2.45) is 7.05 Å². The number of aryl methyl sites for hydroxylation is 3. The standard InChI is InChI=1S/C14H14ClN3/c1-17-9-6-16-14(17)5-8-18-7-4-11-2-3-12(15)10-13(11)18/h2-4,6-7,9-10H,5,8H2,1H3. The van der Waals surface area contributed by atoms with Crippen LogP contribution in [0.15, 0.2) is 42.9 Å². The highest BCUT2D eigenvalue weighted by molar-refractivity contribution is 6.31. The number of halogens is 1. The van der Waals surface area contributed by atoms with Gasteiger partial charge in [-0.2, -0.15) is 0 Å². The molecule has 0 N–H and O–H groups in total. The molecular weight excluding hydrogens is 246 g/mol. The Hall–Kier alpha value is -1.74. The first-order valence-corrected chi connectivity index (χ1v) is 6.32. The lowest BCUT2D eigenvalue weighted by Gasteiger charge is -2.06. The molecule has 0 aliphatic rings. The second kappa shape index (κ2) is 4.50. The Morgan fingerprint density at radius 1 is 1.22 bits per heavy atom. The zero-order valence-corrected chi connectivity index (χ0v) is 10.9. The highest BCUT2D eigenvalue weighted by Crippen LogP contribution is 2.20. The molecule has 0 spiro atoms. The van der Waals surface area contributed by atoms with Crippen LogP contribution < -0.4 is 0 Å². The van der Waals surface area contributed by atoms with Gasteiger partial charge in [-0.3, -0.25) is 0 Å². The summed E-state index contributed by atoms with van der Waals surface area (Å²) in [6.07, 6.45) is 6.82. The highest BCUT2D eigenvalue weighted by Gasteiger charge is 2.04. The zero-order valence-electron chi connectivity index (χ0n) is 10.2. The van der Waals surface area contributed by atoms with Gasteiger partial charge in [0, 0.05) is 49.1 Å². The average Bonchev–Trinajstić information content (AvgIpc) is 2.93. The van der Waals surface area contributed by atoms with Crippen LogP contribution in [0.2, 0.25) is 5.02 Å². The van der Waals surface area contributed by atoms with Crippen molar-refractivity contribution >= 4 is 22.5 Å². The fourth-order valence-corrected chi connectivity index (χ4v) is 2.38. The molecular formula is C14H14ClN3. The first-order valence-electron chi connectivity index (χ1n) is 5.94. The molecule has 4 heteroatoms. The summed E-state index contributed by atoms with van der Waals surface area (Å²) in [5.41, 5.74) is 1.18. The summed E-state index contributed by atoms with van der Waals surface area (Å²) in [5, 5.41) is 2.00. The molecule has 1 aromatic carbocycles. The Bertz CT molecular complexity index is 681. The molecule has 18 heavy (non-hydrogen) atoms. The molecule has 0 amide bonds. The molecule has 3 aromatic rings. The molecule has 0 radical (unpaired) electrons. The molecule has 92 valence electrons. The number of hydrogen-bond donors (Lipinski definition) is 0. The van der Waals surface area contributed by atoms with E-state index < -0.39 is 0 Å². The first-order chi connectivity index (χ1) is 8.74. The molecule has 0 saturated heterocycles. The second-order valence-electron chi connectivity index (χ2n) is 4.42. The normalized spacial score (nSPS) is 11.2. The molecule has 0 aliphatic heterocycles. The molecule has 0 aliphatic carbocycles. The molecule has 0 unspecified atom stereocenters. The van der Waals surface area contributed by atoms with Crippen molar-refractivity contribution in [2.75, 3.05) is 0 Å². The van der Waals surface area contributed by atoms with Gasteiger partial charge in [0.05, 0.1) is 0 Å². The van der Waals surface area contributed by atoms with E-state index in [4.69, 9.17) is 11.6 Å². The topological polar surface area (TPSA) is 22.8 Å². The first kappa shape index (κ1) is 11.4. The lowest BCUT2D eigenvalue weighted by molar-refractivity contribution is 0.668. The van der Waals surface area contributed by atoms with Gasteiger partial charge in [-0.05, 0) is 23.6 Å². The molecule has 2 heterocycles. The van der Waals surface area contributed by atoms with Gasteiger partial charge in [-0.25, -0.2) is 4.98 Å². The fourth-order valence-electron chi connectivity index (χ4n) is 2.21. The zero-order chi connectivity index (χ0) is 12.5. The van der Waals surface area contributed by atoms with Gasteiger partial charge < -0.3 is 9.13 Å². The summed E-state index contributed by atoms with van der Waals surface area (Å²) in [7, 11) is 2.02. The molecule has 0 fully saturated rings. The number of imidazole rings is 1. The second-order valence-corrected chi connectivity index (χ2v) is 4.85. The summed E-state index contributed by atoms with van der Waals surface area (Å²) < 4.78 is 4.27. The van der Waals surface area contributed by atoms with Gasteiger partial charge in [0.25, 0.3) is 0 Å². The van der Waals surface area contributed by atoms with Crippen LogP contribution >= 0.6 is 11.6 Å². The molecule has 0 saturated carbocycles. The largest absolute Gasteiger partial charge is 0.347 e. The van der Waals surface area contributed by atoms with E-state index in [0.717, 1.165) is 23.8 Å². The molecule has 2 aromatic heterocycles. The predicted molar refractivity (Wildman–Crippen MR) is 73.9 cm³/mol. The number of benzene rings is 1. The molecule has 0 atom stereocenters. The van der Waals surface area contributed by atoms with Crippen LogP contribution in [0, 0.1) is 0 Å². The lowest BCUT2D eigenvalue weighted by Crippen LogP contribution is -2.04. The van der Waals surface area contributed by atoms with Gasteiger partial charge in [0.15, 0.2) is 0 Å². The number of aromatic nitrogens is 3. The van der Waals surface area contributed by atoms with Crippen LogP contribution in [0.1, 0.15) is 5.82 Å². The molecule has 3 nitrogen and oxygen atoms in total. The Morgan fingerprint density at radius 3 is 2.89 bits per heavy atom. The third kappa shape index (κ3) is 2.02. The minimum absolute atomic E-state index is 0.777. The van der Waals surface area contributed by atoms with Crippen molar-refractivity contribution in [1.82, 2.24) is 14.1 Å². The van der Waals surface area contributed by atoms with E-state index in [1.807, 2.05) is 31.6 Å². The summed E-state index contributed by atoms with van der Waals surface area (Å²) in [4.78, 5) is 4.34. The van der Waals surface area contributed by atoms with Crippen molar-refractivity contribution in [1.29, 1.82) is 0 Å². The minimum Gasteiger partial charge on any atom is -0.347 e. The maximum absolute atomic E-state index is 6.04. The molecule has 3 rings (SSSR count). The van der Waals surface area contributed by atoms with Gasteiger partial charge in [0.2, 0.25) is 0 Å². The van der Waals surface area contributed by atoms with Gasteiger partial charge in [-0.15, -0.1) is 0 Å². The predicted octanol–water partition coefficient (Wildman–Crippen LogP) is 3.27. The van der Waals surface area contributed by atoms with Crippen LogP contribution in [-0.4, -0.2) is 14.1 Å². The quantitative estimate of drug-likeness (QED) is 0.708. The van der Waals surface area contributed by atoms with Crippen LogP contribution in [0.4, 0.5) is 0 Å². The van der Waals surface area contributed by atoms with Crippen molar-refractivity contribution in [2.45, 2.75) is 13.0 Å². The fraction of sp³-hybridized carbons (Fsp3) is 0.214. The van der Waals surface area contributed by atoms with Gasteiger partial charge in [0.1, 0.15) is 5.82 Å². The van der Waals surface area contributed by atoms with Crippen molar-refractivity contribution in [3.63, 3.8) is 0 Å². The molecule has 0 bridgehead atoms. The van der Waals surface area contributed by atoms with Crippen LogP contribution in [0.3, 0.4) is 0 Å². The van der Waals surface area contributed by atoms with E-state index in [2.05, 4.69) is 32.4 Å². The van der Waals surface area contributed by atoms with Gasteiger partial charge in [-0.1, -0.05) is 17.7 Å². The maximum Gasteiger partial charge on any atom is 0.110 e. The van der Waals surface area contributed by atoms with E-state index in [0.29, 0.717) is 0 Å². The van der Waals surface area contributed by atoms with Crippen LogP contribution in [0.5, 0.6) is 0 Å². The monoisotopic (exact) mass is 259 g/mol. The summed E-state index contributed by atoms with van der Waals surface area (Å²) >= 11 is 6.04. The van der Waals surface area contributed by atoms with Crippen LogP contribution in [-0.2, 0) is 20.0 Å².